The first kappa shape index (κ1) is 18.0. The Hall–Kier alpha value is -1.76. The summed E-state index contributed by atoms with van der Waals surface area (Å²) < 4.78 is 12.9. The van der Waals surface area contributed by atoms with Crippen molar-refractivity contribution in [3.8, 4) is 0 Å². The number of para-hydroxylation sites is 1. The van der Waals surface area contributed by atoms with E-state index in [0.717, 1.165) is 21.2 Å². The third kappa shape index (κ3) is 5.63. The van der Waals surface area contributed by atoms with Gasteiger partial charge in [0.05, 0.1) is 11.4 Å². The van der Waals surface area contributed by atoms with Gasteiger partial charge in [0.1, 0.15) is 5.82 Å². The maximum atomic E-state index is 12.9. The summed E-state index contributed by atoms with van der Waals surface area (Å²) in [4.78, 5) is 14.1. The number of halogens is 1. The van der Waals surface area contributed by atoms with Crippen LogP contribution < -0.4 is 5.32 Å². The lowest BCUT2D eigenvalue weighted by Gasteiger charge is -2.10. The maximum absolute atomic E-state index is 12.9. The summed E-state index contributed by atoms with van der Waals surface area (Å²) in [6.45, 7) is 0. The van der Waals surface area contributed by atoms with E-state index in [0.29, 0.717) is 0 Å². The molecular weight excluding hydrogens is 373 g/mol. The summed E-state index contributed by atoms with van der Waals surface area (Å²) in [7, 11) is 0. The largest absolute Gasteiger partial charge is 0.324 e. The molecule has 0 atom stereocenters. The Balaban J connectivity index is 1.56. The van der Waals surface area contributed by atoms with E-state index in [1.807, 2.05) is 24.3 Å². The Morgan fingerprint density at radius 2 is 1.84 bits per heavy atom. The van der Waals surface area contributed by atoms with Crippen LogP contribution in [0.25, 0.3) is 0 Å². The highest BCUT2D eigenvalue weighted by molar-refractivity contribution is 8.00. The number of carbonyl (C=O) groups is 1. The quantitative estimate of drug-likeness (QED) is 0.509. The molecule has 1 N–H and O–H groups in total. The fraction of sp³-hybridized carbons (Fsp3) is 0.105. The van der Waals surface area contributed by atoms with Crippen molar-refractivity contribution in [2.75, 3.05) is 11.1 Å². The second kappa shape index (κ2) is 9.08. The van der Waals surface area contributed by atoms with Crippen LogP contribution in [0.3, 0.4) is 0 Å². The number of amides is 1. The maximum Gasteiger partial charge on any atom is 0.234 e. The molecule has 25 heavy (non-hydrogen) atoms. The zero-order valence-electron chi connectivity index (χ0n) is 13.3. The molecule has 1 aromatic heterocycles. The molecule has 0 unspecified atom stereocenters. The number of anilines is 1. The molecule has 0 bridgehead atoms. The van der Waals surface area contributed by atoms with E-state index in [2.05, 4.69) is 22.1 Å². The minimum absolute atomic E-state index is 0.0714. The van der Waals surface area contributed by atoms with E-state index in [9.17, 15) is 9.18 Å². The number of thioether (sulfide) groups is 2. The number of hydrogen-bond donors (Lipinski definition) is 1. The lowest BCUT2D eigenvalue weighted by Crippen LogP contribution is -2.14. The predicted molar refractivity (Wildman–Crippen MR) is 106 cm³/mol. The molecule has 0 aliphatic carbocycles. The Bertz CT molecular complexity index is 819. The summed E-state index contributed by atoms with van der Waals surface area (Å²) in [5.74, 6) is 0.818. The molecule has 128 valence electrons. The van der Waals surface area contributed by atoms with Gasteiger partial charge >= 0.3 is 0 Å². The van der Waals surface area contributed by atoms with Crippen LogP contribution in [0.15, 0.2) is 75.1 Å². The lowest BCUT2D eigenvalue weighted by molar-refractivity contribution is -0.113. The second-order valence-electron chi connectivity index (χ2n) is 5.21. The van der Waals surface area contributed by atoms with Crippen LogP contribution >= 0.6 is 34.9 Å². The zero-order chi connectivity index (χ0) is 17.5. The van der Waals surface area contributed by atoms with Crippen LogP contribution in [-0.2, 0) is 10.5 Å². The highest BCUT2D eigenvalue weighted by Gasteiger charge is 2.08. The monoisotopic (exact) mass is 389 g/mol. The molecule has 2 aromatic carbocycles. The van der Waals surface area contributed by atoms with Gasteiger partial charge in [-0.3, -0.25) is 4.79 Å². The SMILES string of the molecule is O=C(CSc1ccc(F)cc1)Nc1ccccc1SCc1ccsc1. The molecule has 0 radical (unpaired) electrons. The minimum Gasteiger partial charge on any atom is -0.324 e. The Morgan fingerprint density at radius 1 is 1.04 bits per heavy atom. The van der Waals surface area contributed by atoms with Gasteiger partial charge in [-0.1, -0.05) is 12.1 Å². The molecule has 1 heterocycles. The van der Waals surface area contributed by atoms with Gasteiger partial charge < -0.3 is 5.32 Å². The number of hydrogen-bond acceptors (Lipinski definition) is 4. The minimum atomic E-state index is -0.273. The molecule has 2 nitrogen and oxygen atoms in total. The van der Waals surface area contributed by atoms with Crippen molar-refractivity contribution in [2.45, 2.75) is 15.5 Å². The van der Waals surface area contributed by atoms with Crippen molar-refractivity contribution in [1.29, 1.82) is 0 Å². The number of carbonyl (C=O) groups excluding carboxylic acids is 1. The Morgan fingerprint density at radius 3 is 2.60 bits per heavy atom. The van der Waals surface area contributed by atoms with Gasteiger partial charge in [0.2, 0.25) is 5.91 Å². The lowest BCUT2D eigenvalue weighted by atomic mass is 10.3. The summed E-state index contributed by atoms with van der Waals surface area (Å²) in [6, 6.07) is 16.1. The van der Waals surface area contributed by atoms with Gasteiger partial charge in [-0.15, -0.1) is 23.5 Å². The molecule has 3 rings (SSSR count). The highest BCUT2D eigenvalue weighted by Crippen LogP contribution is 2.30. The van der Waals surface area contributed by atoms with E-state index < -0.39 is 0 Å². The first-order valence-corrected chi connectivity index (χ1v) is 10.5. The third-order valence-corrected chi connectivity index (χ3v) is 6.21. The molecule has 6 heteroatoms. The summed E-state index contributed by atoms with van der Waals surface area (Å²) in [5, 5.41) is 7.17. The summed E-state index contributed by atoms with van der Waals surface area (Å²) in [6.07, 6.45) is 0. The first-order chi connectivity index (χ1) is 12.2. The second-order valence-corrected chi connectivity index (χ2v) is 8.05. The van der Waals surface area contributed by atoms with E-state index in [-0.39, 0.29) is 17.5 Å². The third-order valence-electron chi connectivity index (χ3n) is 3.32. The zero-order valence-corrected chi connectivity index (χ0v) is 15.7. The highest BCUT2D eigenvalue weighted by atomic mass is 32.2. The van der Waals surface area contributed by atoms with E-state index >= 15 is 0 Å². The fourth-order valence-corrected chi connectivity index (χ4v) is 4.52. The molecule has 0 fully saturated rings. The van der Waals surface area contributed by atoms with Gasteiger partial charge in [0.25, 0.3) is 0 Å². The van der Waals surface area contributed by atoms with Gasteiger partial charge in [0.15, 0.2) is 0 Å². The summed E-state index contributed by atoms with van der Waals surface area (Å²) in [5.41, 5.74) is 2.11. The molecule has 0 saturated carbocycles. The van der Waals surface area contributed by atoms with Crippen molar-refractivity contribution in [2.24, 2.45) is 0 Å². The van der Waals surface area contributed by atoms with Gasteiger partial charge in [-0.05, 0) is 58.8 Å². The van der Waals surface area contributed by atoms with E-state index in [1.165, 1.54) is 29.5 Å². The van der Waals surface area contributed by atoms with Crippen molar-refractivity contribution in [1.82, 2.24) is 0 Å². The van der Waals surface area contributed by atoms with Crippen molar-refractivity contribution in [3.63, 3.8) is 0 Å². The van der Waals surface area contributed by atoms with E-state index in [4.69, 9.17) is 0 Å². The molecule has 0 aliphatic rings. The fourth-order valence-electron chi connectivity index (χ4n) is 2.10. The average molecular weight is 390 g/mol. The number of thiophene rings is 1. The molecule has 3 aromatic rings. The summed E-state index contributed by atoms with van der Waals surface area (Å²) >= 11 is 4.78. The molecule has 0 aliphatic heterocycles. The van der Waals surface area contributed by atoms with Gasteiger partial charge in [-0.2, -0.15) is 11.3 Å². The van der Waals surface area contributed by atoms with Crippen molar-refractivity contribution < 1.29 is 9.18 Å². The van der Waals surface area contributed by atoms with Crippen LogP contribution in [0.5, 0.6) is 0 Å². The Labute approximate surface area is 158 Å². The number of rotatable bonds is 7. The van der Waals surface area contributed by atoms with Gasteiger partial charge in [-0.25, -0.2) is 4.39 Å². The van der Waals surface area contributed by atoms with Gasteiger partial charge in [0, 0.05) is 15.5 Å². The smallest absolute Gasteiger partial charge is 0.234 e. The van der Waals surface area contributed by atoms with Crippen molar-refractivity contribution in [3.05, 3.63) is 76.7 Å². The first-order valence-electron chi connectivity index (χ1n) is 7.62. The molecule has 0 spiro atoms. The predicted octanol–water partition coefficient (Wildman–Crippen LogP) is 5.91. The van der Waals surface area contributed by atoms with Crippen LogP contribution in [0.1, 0.15) is 5.56 Å². The molecule has 1 amide bonds. The molecule has 0 saturated heterocycles. The van der Waals surface area contributed by atoms with Crippen molar-refractivity contribution >= 4 is 46.5 Å². The normalized spacial score (nSPS) is 10.6. The average Bonchev–Trinajstić information content (AvgIpc) is 3.14. The van der Waals surface area contributed by atoms with Crippen LogP contribution in [-0.4, -0.2) is 11.7 Å². The van der Waals surface area contributed by atoms with Crippen LogP contribution in [0.4, 0.5) is 10.1 Å². The number of benzene rings is 2. The van der Waals surface area contributed by atoms with Crippen LogP contribution in [0, 0.1) is 5.82 Å². The standard InChI is InChI=1S/C19H16FNOS3/c20-15-5-7-16(8-6-15)24-13-19(22)21-17-3-1-2-4-18(17)25-12-14-9-10-23-11-14/h1-11H,12-13H2,(H,21,22). The Kier molecular flexibility index (Phi) is 6.55. The molecular formula is C19H16FNOS3. The topological polar surface area (TPSA) is 29.1 Å². The van der Waals surface area contributed by atoms with Crippen LogP contribution in [0.2, 0.25) is 0 Å². The number of nitrogens with one attached hydrogen (secondary N) is 1. The van der Waals surface area contributed by atoms with E-state index in [1.54, 1.807) is 35.2 Å².